The predicted molar refractivity (Wildman–Crippen MR) is 141 cm³/mol. The maximum atomic E-state index is 12.4. The molecule has 0 atom stereocenters. The molecule has 7 nitrogen and oxygen atoms in total. The molecule has 7 heteroatoms. The average molecular weight is 500 g/mol. The first kappa shape index (κ1) is 29.2. The highest BCUT2D eigenvalue weighted by molar-refractivity contribution is 5.67. The Morgan fingerprint density at radius 2 is 0.889 bits per heavy atom. The van der Waals surface area contributed by atoms with Crippen LogP contribution in [0.4, 0.5) is 9.59 Å². The zero-order chi connectivity index (χ0) is 27.0. The van der Waals surface area contributed by atoms with Gasteiger partial charge in [-0.1, -0.05) is 91.8 Å². The molecule has 0 unspecified atom stereocenters. The minimum Gasteiger partial charge on any atom is -0.418 e. The standard InChI is InChI=1S/C29H41NO6/c1-18(2)22-12-10-13-23(19(3)4)26(22)35-28(31)33-16-30(9)17-34-29(32)36-27-24(20(5)6)14-11-15-25(27)21(7)8/h10-15,18-21H,16-17H2,1-9H3. The Balaban J connectivity index is 1.94. The van der Waals surface area contributed by atoms with Crippen molar-refractivity contribution < 1.29 is 28.5 Å². The first-order chi connectivity index (χ1) is 16.9. The van der Waals surface area contributed by atoms with Crippen molar-refractivity contribution in [2.45, 2.75) is 79.1 Å². The monoisotopic (exact) mass is 499 g/mol. The van der Waals surface area contributed by atoms with Crippen molar-refractivity contribution in [3.05, 3.63) is 58.7 Å². The van der Waals surface area contributed by atoms with Crippen molar-refractivity contribution in [1.82, 2.24) is 4.90 Å². The fourth-order valence-electron chi connectivity index (χ4n) is 3.79. The highest BCUT2D eigenvalue weighted by Gasteiger charge is 2.21. The molecule has 0 aliphatic carbocycles. The number of carbonyl (C=O) groups excluding carboxylic acids is 2. The number of carbonyl (C=O) groups is 2. The van der Waals surface area contributed by atoms with E-state index in [-0.39, 0.29) is 37.1 Å². The molecule has 0 aliphatic heterocycles. The molecular weight excluding hydrogens is 458 g/mol. The molecule has 2 aromatic rings. The van der Waals surface area contributed by atoms with Gasteiger partial charge in [0.15, 0.2) is 13.5 Å². The number of benzene rings is 2. The summed E-state index contributed by atoms with van der Waals surface area (Å²) in [5.41, 5.74) is 3.78. The minimum absolute atomic E-state index is 0.118. The van der Waals surface area contributed by atoms with Gasteiger partial charge < -0.3 is 18.9 Å². The van der Waals surface area contributed by atoms with Crippen LogP contribution < -0.4 is 9.47 Å². The van der Waals surface area contributed by atoms with Gasteiger partial charge in [0.2, 0.25) is 0 Å². The number of ether oxygens (including phenoxy) is 4. The van der Waals surface area contributed by atoms with Gasteiger partial charge in [-0.05, 0) is 53.0 Å². The van der Waals surface area contributed by atoms with Crippen molar-refractivity contribution in [2.75, 3.05) is 20.5 Å². The first-order valence-corrected chi connectivity index (χ1v) is 12.6. The van der Waals surface area contributed by atoms with Crippen LogP contribution in [0.25, 0.3) is 0 Å². The molecule has 0 aliphatic rings. The van der Waals surface area contributed by atoms with Gasteiger partial charge in [0.1, 0.15) is 11.5 Å². The van der Waals surface area contributed by atoms with Gasteiger partial charge in [-0.2, -0.15) is 0 Å². The number of para-hydroxylation sites is 2. The zero-order valence-corrected chi connectivity index (χ0v) is 23.1. The Kier molecular flexibility index (Phi) is 10.8. The van der Waals surface area contributed by atoms with Crippen LogP contribution in [0.1, 0.15) is 101 Å². The number of hydrogen-bond donors (Lipinski definition) is 0. The summed E-state index contributed by atoms with van der Waals surface area (Å²) in [6, 6.07) is 11.7. The van der Waals surface area contributed by atoms with Crippen molar-refractivity contribution in [3.63, 3.8) is 0 Å². The van der Waals surface area contributed by atoms with E-state index >= 15 is 0 Å². The molecule has 0 bridgehead atoms. The van der Waals surface area contributed by atoms with Crippen molar-refractivity contribution >= 4 is 12.3 Å². The molecular formula is C29H41NO6. The van der Waals surface area contributed by atoms with Crippen LogP contribution in [0.2, 0.25) is 0 Å². The molecule has 198 valence electrons. The van der Waals surface area contributed by atoms with Gasteiger partial charge in [0, 0.05) is 0 Å². The van der Waals surface area contributed by atoms with Crippen LogP contribution >= 0.6 is 0 Å². The summed E-state index contributed by atoms with van der Waals surface area (Å²) in [4.78, 5) is 26.4. The molecule has 0 N–H and O–H groups in total. The fourth-order valence-corrected chi connectivity index (χ4v) is 3.79. The highest BCUT2D eigenvalue weighted by atomic mass is 16.7. The van der Waals surface area contributed by atoms with E-state index in [1.165, 1.54) is 4.90 Å². The van der Waals surface area contributed by atoms with Crippen LogP contribution in [-0.4, -0.2) is 37.7 Å². The normalized spacial score (nSPS) is 11.5. The molecule has 0 amide bonds. The minimum atomic E-state index is -0.813. The molecule has 0 radical (unpaired) electrons. The molecule has 0 fully saturated rings. The lowest BCUT2D eigenvalue weighted by atomic mass is 9.94. The van der Waals surface area contributed by atoms with E-state index in [1.807, 2.05) is 91.8 Å². The molecule has 0 heterocycles. The van der Waals surface area contributed by atoms with Crippen LogP contribution in [0.3, 0.4) is 0 Å². The van der Waals surface area contributed by atoms with Crippen LogP contribution in [0, 0.1) is 0 Å². The van der Waals surface area contributed by atoms with E-state index in [1.54, 1.807) is 7.05 Å². The molecule has 2 rings (SSSR count). The Hall–Kier alpha value is -3.06. The van der Waals surface area contributed by atoms with E-state index in [4.69, 9.17) is 18.9 Å². The second kappa shape index (κ2) is 13.3. The van der Waals surface area contributed by atoms with Crippen molar-refractivity contribution in [3.8, 4) is 11.5 Å². The fraction of sp³-hybridized carbons (Fsp3) is 0.517. The average Bonchev–Trinajstić information content (AvgIpc) is 2.81. The van der Waals surface area contributed by atoms with Crippen LogP contribution in [0.5, 0.6) is 11.5 Å². The van der Waals surface area contributed by atoms with Gasteiger partial charge in [-0.3, -0.25) is 0 Å². The van der Waals surface area contributed by atoms with Gasteiger partial charge >= 0.3 is 12.3 Å². The third-order valence-corrected chi connectivity index (χ3v) is 5.82. The smallest absolute Gasteiger partial charge is 0.418 e. The Morgan fingerprint density at radius 1 is 0.611 bits per heavy atom. The van der Waals surface area contributed by atoms with Crippen LogP contribution in [0.15, 0.2) is 36.4 Å². The quantitative estimate of drug-likeness (QED) is 0.188. The highest BCUT2D eigenvalue weighted by Crippen LogP contribution is 2.35. The maximum absolute atomic E-state index is 12.4. The molecule has 0 spiro atoms. The Morgan fingerprint density at radius 3 is 1.14 bits per heavy atom. The zero-order valence-electron chi connectivity index (χ0n) is 23.1. The summed E-state index contributed by atoms with van der Waals surface area (Å²) >= 11 is 0. The maximum Gasteiger partial charge on any atom is 0.515 e. The number of rotatable bonds is 10. The van der Waals surface area contributed by atoms with Crippen molar-refractivity contribution in [1.29, 1.82) is 0 Å². The van der Waals surface area contributed by atoms with E-state index in [9.17, 15) is 9.59 Å². The third-order valence-electron chi connectivity index (χ3n) is 5.82. The third kappa shape index (κ3) is 7.98. The van der Waals surface area contributed by atoms with E-state index in [0.717, 1.165) is 22.3 Å². The number of hydrogen-bond acceptors (Lipinski definition) is 7. The van der Waals surface area contributed by atoms with Gasteiger partial charge in [0.25, 0.3) is 0 Å². The topological polar surface area (TPSA) is 74.3 Å². The summed E-state index contributed by atoms with van der Waals surface area (Å²) in [6.07, 6.45) is -1.63. The second-order valence-electron chi connectivity index (χ2n) is 10.3. The molecule has 36 heavy (non-hydrogen) atoms. The molecule has 0 saturated heterocycles. The summed E-state index contributed by atoms with van der Waals surface area (Å²) in [7, 11) is 1.66. The molecule has 2 aromatic carbocycles. The van der Waals surface area contributed by atoms with Crippen LogP contribution in [-0.2, 0) is 9.47 Å². The second-order valence-corrected chi connectivity index (χ2v) is 10.3. The van der Waals surface area contributed by atoms with E-state index in [2.05, 4.69) is 0 Å². The van der Waals surface area contributed by atoms with Gasteiger partial charge in [-0.25, -0.2) is 14.5 Å². The summed E-state index contributed by atoms with van der Waals surface area (Å²) in [5.74, 6) is 1.83. The molecule has 0 aromatic heterocycles. The van der Waals surface area contributed by atoms with Gasteiger partial charge in [0.05, 0.1) is 0 Å². The molecule has 0 saturated carbocycles. The lowest BCUT2D eigenvalue weighted by Crippen LogP contribution is -2.29. The largest absolute Gasteiger partial charge is 0.515 e. The lowest BCUT2D eigenvalue weighted by molar-refractivity contribution is -0.00390. The Labute approximate surface area is 215 Å². The van der Waals surface area contributed by atoms with E-state index in [0.29, 0.717) is 11.5 Å². The van der Waals surface area contributed by atoms with E-state index < -0.39 is 12.3 Å². The lowest BCUT2D eigenvalue weighted by Gasteiger charge is -2.21. The Bertz CT molecular complexity index is 894. The first-order valence-electron chi connectivity index (χ1n) is 12.6. The van der Waals surface area contributed by atoms with Gasteiger partial charge in [-0.15, -0.1) is 0 Å². The summed E-state index contributed by atoms with van der Waals surface area (Å²) in [5, 5.41) is 0. The summed E-state index contributed by atoms with van der Waals surface area (Å²) in [6.45, 7) is 16.1. The number of nitrogens with zero attached hydrogens (tertiary/aromatic N) is 1. The SMILES string of the molecule is CC(C)c1cccc(C(C)C)c1OC(=O)OCN(C)COC(=O)Oc1c(C(C)C)cccc1C(C)C. The van der Waals surface area contributed by atoms with Crippen molar-refractivity contribution in [2.24, 2.45) is 0 Å². The predicted octanol–water partition coefficient (Wildman–Crippen LogP) is 7.76. The summed E-state index contributed by atoms with van der Waals surface area (Å²) < 4.78 is 21.7.